The number of furan rings is 1. The first-order valence-corrected chi connectivity index (χ1v) is 8.95. The molecule has 6 nitrogen and oxygen atoms in total. The van der Waals surface area contributed by atoms with Crippen LogP contribution in [-0.2, 0) is 16.1 Å². The second-order valence-electron chi connectivity index (χ2n) is 6.99. The highest BCUT2D eigenvalue weighted by Gasteiger charge is 2.33. The maximum absolute atomic E-state index is 12.5. The van der Waals surface area contributed by atoms with Gasteiger partial charge in [-0.25, -0.2) is 0 Å². The average molecular weight is 333 g/mol. The maximum atomic E-state index is 12.5. The number of nitrogens with zero attached hydrogens (tertiary/aromatic N) is 2. The largest absolute Gasteiger partial charge is 0.467 e. The fraction of sp³-hybridized carbons (Fsp3) is 0.667. The first-order valence-electron chi connectivity index (χ1n) is 8.95. The Morgan fingerprint density at radius 3 is 2.75 bits per heavy atom. The molecule has 3 heterocycles. The van der Waals surface area contributed by atoms with E-state index in [4.69, 9.17) is 4.42 Å². The second-order valence-corrected chi connectivity index (χ2v) is 6.99. The molecule has 2 saturated heterocycles. The third-order valence-corrected chi connectivity index (χ3v) is 5.16. The van der Waals surface area contributed by atoms with E-state index in [1.54, 1.807) is 6.26 Å². The van der Waals surface area contributed by atoms with Gasteiger partial charge in [-0.3, -0.25) is 14.5 Å². The fourth-order valence-electron chi connectivity index (χ4n) is 3.55. The number of rotatable bonds is 5. The minimum atomic E-state index is -0.201. The molecule has 0 spiro atoms. The maximum Gasteiger partial charge on any atom is 0.237 e. The number of carbonyl (C=O) groups is 2. The van der Waals surface area contributed by atoms with E-state index in [2.05, 4.69) is 12.2 Å². The zero-order valence-electron chi connectivity index (χ0n) is 14.4. The van der Waals surface area contributed by atoms with Crippen molar-refractivity contribution >= 4 is 11.8 Å². The summed E-state index contributed by atoms with van der Waals surface area (Å²) in [5.41, 5.74) is 0. The van der Waals surface area contributed by atoms with Crippen LogP contribution in [0.5, 0.6) is 0 Å². The van der Waals surface area contributed by atoms with Crippen LogP contribution in [0.3, 0.4) is 0 Å². The summed E-state index contributed by atoms with van der Waals surface area (Å²) in [5, 5.41) is 2.92. The lowest BCUT2D eigenvalue weighted by molar-refractivity contribution is -0.135. The van der Waals surface area contributed by atoms with Gasteiger partial charge in [0, 0.05) is 13.1 Å². The fourth-order valence-corrected chi connectivity index (χ4v) is 3.55. The van der Waals surface area contributed by atoms with Gasteiger partial charge in [0.05, 0.1) is 25.4 Å². The van der Waals surface area contributed by atoms with Gasteiger partial charge in [-0.05, 0) is 50.3 Å². The van der Waals surface area contributed by atoms with Crippen molar-refractivity contribution in [3.8, 4) is 0 Å². The first-order chi connectivity index (χ1) is 11.6. The number of nitrogens with one attached hydrogen (secondary N) is 1. The van der Waals surface area contributed by atoms with Crippen molar-refractivity contribution in [3.05, 3.63) is 24.2 Å². The third-order valence-electron chi connectivity index (χ3n) is 5.16. The molecular formula is C18H27N3O3. The monoisotopic (exact) mass is 333 g/mol. The molecule has 1 N–H and O–H groups in total. The lowest BCUT2D eigenvalue weighted by Gasteiger charge is -2.32. The summed E-state index contributed by atoms with van der Waals surface area (Å²) in [5.74, 6) is 1.60. The highest BCUT2D eigenvalue weighted by atomic mass is 16.3. The van der Waals surface area contributed by atoms with Crippen LogP contribution in [-0.4, -0.2) is 53.8 Å². The van der Waals surface area contributed by atoms with Gasteiger partial charge in [0.1, 0.15) is 5.76 Å². The van der Waals surface area contributed by atoms with Crippen LogP contribution in [0.1, 0.15) is 38.4 Å². The van der Waals surface area contributed by atoms with Crippen molar-refractivity contribution in [3.63, 3.8) is 0 Å². The molecule has 1 aromatic heterocycles. The normalized spacial score (nSPS) is 22.7. The van der Waals surface area contributed by atoms with Gasteiger partial charge < -0.3 is 14.6 Å². The number of piperidine rings is 1. The molecule has 24 heavy (non-hydrogen) atoms. The molecular weight excluding hydrogens is 306 g/mol. The van der Waals surface area contributed by atoms with E-state index in [0.29, 0.717) is 19.0 Å². The van der Waals surface area contributed by atoms with Gasteiger partial charge >= 0.3 is 0 Å². The molecule has 132 valence electrons. The number of hydrogen-bond donors (Lipinski definition) is 1. The van der Waals surface area contributed by atoms with E-state index in [1.807, 2.05) is 21.9 Å². The van der Waals surface area contributed by atoms with Crippen molar-refractivity contribution in [2.75, 3.05) is 26.2 Å². The number of carbonyl (C=O) groups excluding carboxylic acids is 2. The van der Waals surface area contributed by atoms with E-state index in [1.165, 1.54) is 0 Å². The summed E-state index contributed by atoms with van der Waals surface area (Å²) in [6.45, 7) is 5.50. The quantitative estimate of drug-likeness (QED) is 0.889. The molecule has 1 unspecified atom stereocenters. The summed E-state index contributed by atoms with van der Waals surface area (Å²) in [4.78, 5) is 28.9. The van der Waals surface area contributed by atoms with Gasteiger partial charge in [0.15, 0.2) is 0 Å². The van der Waals surface area contributed by atoms with E-state index in [0.717, 1.165) is 51.1 Å². The van der Waals surface area contributed by atoms with Crippen LogP contribution in [0.25, 0.3) is 0 Å². The van der Waals surface area contributed by atoms with Gasteiger partial charge in [0.2, 0.25) is 11.8 Å². The molecule has 2 aliphatic rings. The Morgan fingerprint density at radius 1 is 1.25 bits per heavy atom. The molecule has 1 aromatic rings. The smallest absolute Gasteiger partial charge is 0.237 e. The standard InChI is InChI=1S/C18H27N3O3/c1-14-6-9-20(10-7-14)17(22)13-21-8-2-5-16(21)18(23)19-12-15-4-3-11-24-15/h3-4,11,14,16H,2,5-10,12-13H2,1H3,(H,19,23). The van der Waals surface area contributed by atoms with E-state index in [-0.39, 0.29) is 17.9 Å². The van der Waals surface area contributed by atoms with E-state index >= 15 is 0 Å². The van der Waals surface area contributed by atoms with E-state index < -0.39 is 0 Å². The molecule has 6 heteroatoms. The Bertz CT molecular complexity index is 550. The topological polar surface area (TPSA) is 65.8 Å². The van der Waals surface area contributed by atoms with Crippen LogP contribution >= 0.6 is 0 Å². The zero-order chi connectivity index (χ0) is 16.9. The molecule has 1 atom stereocenters. The summed E-state index contributed by atoms with van der Waals surface area (Å²) in [6, 6.07) is 3.45. The summed E-state index contributed by atoms with van der Waals surface area (Å²) in [7, 11) is 0. The molecule has 0 saturated carbocycles. The summed E-state index contributed by atoms with van der Waals surface area (Å²) >= 11 is 0. The second kappa shape index (κ2) is 7.83. The predicted molar refractivity (Wildman–Crippen MR) is 90.1 cm³/mol. The van der Waals surface area contributed by atoms with Gasteiger partial charge in [-0.1, -0.05) is 6.92 Å². The molecule has 3 rings (SSSR count). The van der Waals surface area contributed by atoms with Crippen molar-refractivity contribution in [2.45, 2.75) is 45.2 Å². The van der Waals surface area contributed by atoms with Gasteiger partial charge in [-0.2, -0.15) is 0 Å². The molecule has 2 aliphatic heterocycles. The number of hydrogen-bond acceptors (Lipinski definition) is 4. The Hall–Kier alpha value is -1.82. The summed E-state index contributed by atoms with van der Waals surface area (Å²) < 4.78 is 5.24. The molecule has 0 aromatic carbocycles. The molecule has 2 amide bonds. The highest BCUT2D eigenvalue weighted by molar-refractivity contribution is 5.84. The Kier molecular flexibility index (Phi) is 5.56. The van der Waals surface area contributed by atoms with Gasteiger partial charge in [-0.15, -0.1) is 0 Å². The SMILES string of the molecule is CC1CCN(C(=O)CN2CCCC2C(=O)NCc2ccco2)CC1. The zero-order valence-corrected chi connectivity index (χ0v) is 14.4. The van der Waals surface area contributed by atoms with Gasteiger partial charge in [0.25, 0.3) is 0 Å². The molecule has 0 radical (unpaired) electrons. The lowest BCUT2D eigenvalue weighted by Crippen LogP contribution is -2.49. The minimum Gasteiger partial charge on any atom is -0.467 e. The Morgan fingerprint density at radius 2 is 2.04 bits per heavy atom. The third kappa shape index (κ3) is 4.17. The van der Waals surface area contributed by atoms with Crippen LogP contribution in [0.4, 0.5) is 0 Å². The number of likely N-dealkylation sites (tertiary alicyclic amines) is 2. The first kappa shape index (κ1) is 17.0. The van der Waals surface area contributed by atoms with Crippen molar-refractivity contribution < 1.29 is 14.0 Å². The molecule has 2 fully saturated rings. The minimum absolute atomic E-state index is 0.0102. The molecule has 0 bridgehead atoms. The van der Waals surface area contributed by atoms with E-state index in [9.17, 15) is 9.59 Å². The Balaban J connectivity index is 1.49. The molecule has 0 aliphatic carbocycles. The van der Waals surface area contributed by atoms with Crippen LogP contribution in [0.2, 0.25) is 0 Å². The average Bonchev–Trinajstić information content (AvgIpc) is 3.25. The highest BCUT2D eigenvalue weighted by Crippen LogP contribution is 2.20. The van der Waals surface area contributed by atoms with Crippen molar-refractivity contribution in [1.82, 2.24) is 15.1 Å². The lowest BCUT2D eigenvalue weighted by atomic mass is 9.99. The van der Waals surface area contributed by atoms with Crippen molar-refractivity contribution in [2.24, 2.45) is 5.92 Å². The predicted octanol–water partition coefficient (Wildman–Crippen LogP) is 1.62. The number of amides is 2. The Labute approximate surface area is 143 Å². The van der Waals surface area contributed by atoms with Crippen LogP contribution in [0.15, 0.2) is 22.8 Å². The summed E-state index contributed by atoms with van der Waals surface area (Å²) in [6.07, 6.45) is 5.54. The van der Waals surface area contributed by atoms with Crippen molar-refractivity contribution in [1.29, 1.82) is 0 Å². The van der Waals surface area contributed by atoms with Crippen LogP contribution in [0, 0.1) is 5.92 Å². The van der Waals surface area contributed by atoms with Crippen LogP contribution < -0.4 is 5.32 Å².